The summed E-state index contributed by atoms with van der Waals surface area (Å²) in [5.41, 5.74) is 0.631. The summed E-state index contributed by atoms with van der Waals surface area (Å²) in [4.78, 5) is 28.3. The van der Waals surface area contributed by atoms with Crippen LogP contribution < -0.4 is 11.0 Å². The van der Waals surface area contributed by atoms with Crippen LogP contribution in [0.25, 0.3) is 0 Å². The third-order valence-corrected chi connectivity index (χ3v) is 4.01. The fourth-order valence-corrected chi connectivity index (χ4v) is 2.52. The van der Waals surface area contributed by atoms with Crippen LogP contribution in [-0.2, 0) is 13.0 Å². The number of carbonyl (C=O) groups excluding carboxylic acids is 1. The number of nitrogens with one attached hydrogen (secondary N) is 3. The van der Waals surface area contributed by atoms with Gasteiger partial charge in [-0.3, -0.25) is 14.7 Å². The van der Waals surface area contributed by atoms with Gasteiger partial charge in [-0.1, -0.05) is 20.8 Å². The molecule has 24 heavy (non-hydrogen) atoms. The minimum atomic E-state index is -0.433. The third-order valence-electron chi connectivity index (χ3n) is 4.01. The van der Waals surface area contributed by atoms with Crippen molar-refractivity contribution >= 4 is 5.91 Å². The molecule has 0 aliphatic carbocycles. The highest BCUT2D eigenvalue weighted by atomic mass is 16.4. The third kappa shape index (κ3) is 4.14. The van der Waals surface area contributed by atoms with E-state index in [0.717, 1.165) is 37.4 Å². The molecule has 0 aliphatic rings. The molecule has 132 valence electrons. The maximum absolute atomic E-state index is 12.4. The van der Waals surface area contributed by atoms with Gasteiger partial charge in [-0.05, 0) is 26.1 Å². The first-order chi connectivity index (χ1) is 11.5. The molecule has 2 heterocycles. The first kappa shape index (κ1) is 18.0. The summed E-state index contributed by atoms with van der Waals surface area (Å²) in [6.07, 6.45) is 0.728. The van der Waals surface area contributed by atoms with Gasteiger partial charge in [0.1, 0.15) is 5.76 Å². The molecule has 0 fully saturated rings. The minimum absolute atomic E-state index is 0.277. The molecule has 0 radical (unpaired) electrons. The van der Waals surface area contributed by atoms with Gasteiger partial charge < -0.3 is 9.73 Å². The second kappa shape index (κ2) is 7.96. The first-order valence-electron chi connectivity index (χ1n) is 8.27. The van der Waals surface area contributed by atoms with Crippen molar-refractivity contribution in [3.8, 4) is 0 Å². The van der Waals surface area contributed by atoms with Gasteiger partial charge in [0.05, 0.1) is 6.04 Å². The molecule has 8 heteroatoms. The lowest BCUT2D eigenvalue weighted by molar-refractivity contribution is 0.0908. The maximum Gasteiger partial charge on any atom is 0.340 e. The monoisotopic (exact) mass is 335 g/mol. The highest BCUT2D eigenvalue weighted by molar-refractivity contribution is 5.92. The molecule has 0 aromatic carbocycles. The molecule has 0 saturated heterocycles. The van der Waals surface area contributed by atoms with Crippen molar-refractivity contribution in [1.82, 2.24) is 25.4 Å². The number of amides is 1. The second-order valence-electron chi connectivity index (χ2n) is 5.63. The number of rotatable bonds is 8. The highest BCUT2D eigenvalue weighted by Crippen LogP contribution is 2.19. The lowest BCUT2D eigenvalue weighted by atomic mass is 10.2. The van der Waals surface area contributed by atoms with E-state index in [0.29, 0.717) is 5.82 Å². The van der Waals surface area contributed by atoms with Crippen LogP contribution in [0.4, 0.5) is 0 Å². The van der Waals surface area contributed by atoms with Crippen LogP contribution in [0, 0.1) is 0 Å². The van der Waals surface area contributed by atoms with Crippen molar-refractivity contribution in [3.63, 3.8) is 0 Å². The predicted molar refractivity (Wildman–Crippen MR) is 89.8 cm³/mol. The molecule has 8 nitrogen and oxygen atoms in total. The molecule has 0 unspecified atom stereocenters. The molecule has 1 amide bonds. The highest BCUT2D eigenvalue weighted by Gasteiger charge is 2.20. The van der Waals surface area contributed by atoms with Gasteiger partial charge >= 0.3 is 5.69 Å². The summed E-state index contributed by atoms with van der Waals surface area (Å²) in [7, 11) is 0. The molecular weight excluding hydrogens is 310 g/mol. The molecule has 2 aromatic heterocycles. The molecule has 1 atom stereocenters. The summed E-state index contributed by atoms with van der Waals surface area (Å²) in [5.74, 6) is 1.15. The predicted octanol–water partition coefficient (Wildman–Crippen LogP) is 1.59. The Morgan fingerprint density at radius 3 is 2.62 bits per heavy atom. The molecule has 0 aliphatic heterocycles. The number of hydrogen-bond acceptors (Lipinski definition) is 5. The summed E-state index contributed by atoms with van der Waals surface area (Å²) in [5, 5.41) is 8.87. The Morgan fingerprint density at radius 1 is 1.38 bits per heavy atom. The number of carbonyl (C=O) groups is 1. The lowest BCUT2D eigenvalue weighted by Crippen LogP contribution is -2.27. The fraction of sp³-hybridized carbons (Fsp3) is 0.562. The van der Waals surface area contributed by atoms with E-state index in [-0.39, 0.29) is 11.7 Å². The molecule has 0 bridgehead atoms. The van der Waals surface area contributed by atoms with Crippen molar-refractivity contribution in [2.45, 2.75) is 46.7 Å². The Bertz CT molecular complexity index is 726. The zero-order valence-electron chi connectivity index (χ0n) is 14.6. The Balaban J connectivity index is 2.11. The van der Waals surface area contributed by atoms with E-state index in [2.05, 4.69) is 39.2 Å². The van der Waals surface area contributed by atoms with Crippen molar-refractivity contribution in [2.75, 3.05) is 13.1 Å². The van der Waals surface area contributed by atoms with Gasteiger partial charge in [0.25, 0.3) is 5.91 Å². The van der Waals surface area contributed by atoms with Crippen LogP contribution in [0.15, 0.2) is 15.3 Å². The normalized spacial score (nSPS) is 12.5. The number of aromatic amines is 2. The van der Waals surface area contributed by atoms with E-state index in [1.807, 2.05) is 6.92 Å². The number of aromatic nitrogens is 3. The second-order valence-corrected chi connectivity index (χ2v) is 5.63. The largest absolute Gasteiger partial charge is 0.456 e. The average Bonchev–Trinajstić information content (AvgIpc) is 3.18. The Hall–Kier alpha value is -2.35. The van der Waals surface area contributed by atoms with Crippen molar-refractivity contribution < 1.29 is 9.21 Å². The molecule has 0 spiro atoms. The van der Waals surface area contributed by atoms with Crippen LogP contribution >= 0.6 is 0 Å². The van der Waals surface area contributed by atoms with Crippen LogP contribution in [0.5, 0.6) is 0 Å². The van der Waals surface area contributed by atoms with Gasteiger partial charge in [-0.25, -0.2) is 9.89 Å². The van der Waals surface area contributed by atoms with Crippen molar-refractivity contribution in [2.24, 2.45) is 0 Å². The van der Waals surface area contributed by atoms with Crippen LogP contribution in [0.1, 0.15) is 61.4 Å². The molecule has 0 saturated carbocycles. The van der Waals surface area contributed by atoms with Crippen LogP contribution in [-0.4, -0.2) is 39.1 Å². The number of hydrogen-bond donors (Lipinski definition) is 3. The topological polar surface area (TPSA) is 107 Å². The lowest BCUT2D eigenvalue weighted by Gasteiger charge is -2.17. The van der Waals surface area contributed by atoms with E-state index < -0.39 is 11.7 Å². The van der Waals surface area contributed by atoms with Gasteiger partial charge in [0.15, 0.2) is 11.6 Å². The molecule has 3 N–H and O–H groups in total. The summed E-state index contributed by atoms with van der Waals surface area (Å²) >= 11 is 0. The summed E-state index contributed by atoms with van der Waals surface area (Å²) in [6.45, 7) is 10.6. The van der Waals surface area contributed by atoms with E-state index >= 15 is 0 Å². The molecular formula is C16H25N5O3. The van der Waals surface area contributed by atoms with Crippen LogP contribution in [0.2, 0.25) is 0 Å². The van der Waals surface area contributed by atoms with Gasteiger partial charge in [-0.15, -0.1) is 0 Å². The minimum Gasteiger partial charge on any atom is -0.456 e. The van der Waals surface area contributed by atoms with Crippen molar-refractivity contribution in [3.05, 3.63) is 39.5 Å². The number of nitrogens with zero attached hydrogens (tertiary/aromatic N) is 2. The Kier molecular flexibility index (Phi) is 5.97. The SMILES string of the molecule is CCc1oc(C(=O)N[C@H](C)c2n[nH]c(=O)[nH]2)cc1CN(CC)CC. The first-order valence-corrected chi connectivity index (χ1v) is 8.27. The number of H-pyrrole nitrogens is 2. The van der Waals surface area contributed by atoms with Crippen molar-refractivity contribution in [1.29, 1.82) is 0 Å². The van der Waals surface area contributed by atoms with Gasteiger partial charge in [-0.2, -0.15) is 5.10 Å². The zero-order chi connectivity index (χ0) is 17.7. The Labute approximate surface area is 140 Å². The maximum atomic E-state index is 12.4. The summed E-state index contributed by atoms with van der Waals surface area (Å²) in [6, 6.07) is 1.37. The fourth-order valence-electron chi connectivity index (χ4n) is 2.52. The van der Waals surface area contributed by atoms with E-state index in [9.17, 15) is 9.59 Å². The van der Waals surface area contributed by atoms with Gasteiger partial charge in [0, 0.05) is 18.5 Å². The number of furan rings is 1. The van der Waals surface area contributed by atoms with E-state index in [1.165, 1.54) is 0 Å². The van der Waals surface area contributed by atoms with E-state index in [1.54, 1.807) is 13.0 Å². The van der Waals surface area contributed by atoms with Gasteiger partial charge in [0.2, 0.25) is 0 Å². The molecule has 2 aromatic rings. The number of aryl methyl sites for hydroxylation is 1. The van der Waals surface area contributed by atoms with E-state index in [4.69, 9.17) is 4.42 Å². The average molecular weight is 335 g/mol. The van der Waals surface area contributed by atoms with Crippen LogP contribution in [0.3, 0.4) is 0 Å². The quantitative estimate of drug-likeness (QED) is 0.679. The zero-order valence-corrected chi connectivity index (χ0v) is 14.6. The standard InChI is InChI=1S/C16H25N5O3/c1-5-12-11(9-21(6-2)7-3)8-13(24-12)15(22)17-10(4)14-18-16(23)20-19-14/h8,10H,5-7,9H2,1-4H3,(H,17,22)(H2,18,19,20,23)/t10-/m1/s1. The molecule has 2 rings (SSSR count). The smallest absolute Gasteiger partial charge is 0.340 e. The summed E-state index contributed by atoms with van der Waals surface area (Å²) < 4.78 is 5.72. The Morgan fingerprint density at radius 2 is 2.08 bits per heavy atom.